The first kappa shape index (κ1) is 13.7. The van der Waals surface area contributed by atoms with Crippen LogP contribution in [-0.2, 0) is 0 Å². The van der Waals surface area contributed by atoms with Gasteiger partial charge in [0.2, 0.25) is 0 Å². The van der Waals surface area contributed by atoms with E-state index in [9.17, 15) is 4.79 Å². The van der Waals surface area contributed by atoms with Gasteiger partial charge in [-0.1, -0.05) is 0 Å². The van der Waals surface area contributed by atoms with Crippen LogP contribution in [0.5, 0.6) is 0 Å². The molecule has 1 heterocycles. The normalized spacial score (nSPS) is 15.6. The minimum absolute atomic E-state index is 0.237. The minimum atomic E-state index is -0.950. The zero-order valence-electron chi connectivity index (χ0n) is 11.1. The first-order valence-electron chi connectivity index (χ1n) is 6.76. The number of carboxylic acids is 1. The Morgan fingerprint density at radius 3 is 2.79 bits per heavy atom. The number of carboxylic acid groups (broad SMARTS) is 1. The van der Waals surface area contributed by atoms with E-state index in [2.05, 4.69) is 10.2 Å². The molecule has 2 rings (SSSR count). The fraction of sp³-hybridized carbons (Fsp3) is 0.500. The summed E-state index contributed by atoms with van der Waals surface area (Å²) >= 11 is 0. The van der Waals surface area contributed by atoms with Crippen molar-refractivity contribution in [1.82, 2.24) is 4.90 Å². The number of aromatic carboxylic acids is 1. The number of nitrogen functional groups attached to an aromatic ring is 1. The number of nitrogens with one attached hydrogen (secondary N) is 1. The van der Waals surface area contributed by atoms with E-state index in [4.69, 9.17) is 10.8 Å². The molecule has 0 amide bonds. The highest BCUT2D eigenvalue weighted by Gasteiger charge is 2.12. The Hall–Kier alpha value is -1.75. The first-order chi connectivity index (χ1) is 9.16. The third-order valence-electron chi connectivity index (χ3n) is 3.44. The summed E-state index contributed by atoms with van der Waals surface area (Å²) in [6, 6.07) is 4.94. The highest BCUT2D eigenvalue weighted by Crippen LogP contribution is 2.19. The number of rotatable bonds is 6. The summed E-state index contributed by atoms with van der Waals surface area (Å²) in [5, 5.41) is 12.3. The fourth-order valence-corrected chi connectivity index (χ4v) is 2.42. The molecule has 0 aromatic heterocycles. The van der Waals surface area contributed by atoms with Gasteiger partial charge in [-0.2, -0.15) is 0 Å². The van der Waals surface area contributed by atoms with Gasteiger partial charge in [0.15, 0.2) is 0 Å². The van der Waals surface area contributed by atoms with Gasteiger partial charge in [0.25, 0.3) is 0 Å². The number of benzene rings is 1. The van der Waals surface area contributed by atoms with Crippen LogP contribution in [0, 0.1) is 0 Å². The number of hydrogen-bond donors (Lipinski definition) is 3. The van der Waals surface area contributed by atoms with Crippen molar-refractivity contribution in [1.29, 1.82) is 0 Å². The van der Waals surface area contributed by atoms with Gasteiger partial charge in [0.1, 0.15) is 0 Å². The Morgan fingerprint density at radius 2 is 2.11 bits per heavy atom. The molecule has 0 atom stereocenters. The lowest BCUT2D eigenvalue weighted by atomic mass is 10.1. The summed E-state index contributed by atoms with van der Waals surface area (Å²) in [7, 11) is 0. The molecule has 5 nitrogen and oxygen atoms in total. The predicted octanol–water partition coefficient (Wildman–Crippen LogP) is 1.86. The molecule has 1 aliphatic rings. The molecule has 0 bridgehead atoms. The quantitative estimate of drug-likeness (QED) is 0.539. The van der Waals surface area contributed by atoms with Gasteiger partial charge >= 0.3 is 5.97 Å². The Morgan fingerprint density at radius 1 is 1.37 bits per heavy atom. The van der Waals surface area contributed by atoms with Gasteiger partial charge in [-0.3, -0.25) is 0 Å². The average molecular weight is 263 g/mol. The Labute approximate surface area is 113 Å². The standard InChI is InChI=1S/C14H21N3O2/c15-11-4-5-13(12(10-11)14(18)19)16-6-3-9-17-7-1-2-8-17/h4-5,10,16H,1-3,6-9,15H2,(H,18,19). The molecule has 0 radical (unpaired) electrons. The number of hydrogen-bond acceptors (Lipinski definition) is 4. The van der Waals surface area contributed by atoms with Gasteiger partial charge in [0, 0.05) is 17.9 Å². The number of nitrogens with zero attached hydrogens (tertiary/aromatic N) is 1. The summed E-state index contributed by atoms with van der Waals surface area (Å²) in [4.78, 5) is 13.6. The number of anilines is 2. The van der Waals surface area contributed by atoms with E-state index in [1.54, 1.807) is 12.1 Å². The third kappa shape index (κ3) is 3.86. The van der Waals surface area contributed by atoms with Crippen molar-refractivity contribution in [2.75, 3.05) is 37.2 Å². The average Bonchev–Trinajstić information content (AvgIpc) is 2.89. The topological polar surface area (TPSA) is 78.6 Å². The Kier molecular flexibility index (Phi) is 4.63. The summed E-state index contributed by atoms with van der Waals surface area (Å²) < 4.78 is 0. The van der Waals surface area contributed by atoms with Crippen molar-refractivity contribution in [2.45, 2.75) is 19.3 Å². The second kappa shape index (κ2) is 6.43. The van der Waals surface area contributed by atoms with E-state index in [1.165, 1.54) is 32.0 Å². The van der Waals surface area contributed by atoms with E-state index >= 15 is 0 Å². The van der Waals surface area contributed by atoms with E-state index < -0.39 is 5.97 Å². The van der Waals surface area contributed by atoms with Crippen LogP contribution >= 0.6 is 0 Å². The van der Waals surface area contributed by atoms with Crippen molar-refractivity contribution in [3.63, 3.8) is 0 Å². The summed E-state index contributed by atoms with van der Waals surface area (Å²) in [6.45, 7) is 4.25. The summed E-state index contributed by atoms with van der Waals surface area (Å²) in [5.74, 6) is -0.950. The zero-order chi connectivity index (χ0) is 13.7. The molecule has 1 aliphatic heterocycles. The van der Waals surface area contributed by atoms with E-state index in [1.807, 2.05) is 0 Å². The first-order valence-corrected chi connectivity index (χ1v) is 6.76. The molecular weight excluding hydrogens is 242 g/mol. The van der Waals surface area contributed by atoms with Crippen molar-refractivity contribution in [2.24, 2.45) is 0 Å². The van der Waals surface area contributed by atoms with Gasteiger partial charge in [-0.25, -0.2) is 4.79 Å². The van der Waals surface area contributed by atoms with E-state index in [-0.39, 0.29) is 5.56 Å². The van der Waals surface area contributed by atoms with Crippen molar-refractivity contribution in [3.8, 4) is 0 Å². The molecule has 4 N–H and O–H groups in total. The second-order valence-electron chi connectivity index (χ2n) is 4.94. The number of carbonyl (C=O) groups is 1. The van der Waals surface area contributed by atoms with E-state index in [0.717, 1.165) is 19.5 Å². The molecule has 1 saturated heterocycles. The summed E-state index contributed by atoms with van der Waals surface area (Å²) in [5.41, 5.74) is 6.96. The minimum Gasteiger partial charge on any atom is -0.478 e. The van der Waals surface area contributed by atoms with Gasteiger partial charge in [-0.05, 0) is 57.1 Å². The zero-order valence-corrected chi connectivity index (χ0v) is 11.1. The smallest absolute Gasteiger partial charge is 0.337 e. The molecule has 0 unspecified atom stereocenters. The Balaban J connectivity index is 1.83. The van der Waals surface area contributed by atoms with Crippen LogP contribution in [0.4, 0.5) is 11.4 Å². The molecule has 19 heavy (non-hydrogen) atoms. The molecule has 1 aromatic carbocycles. The van der Waals surface area contributed by atoms with Crippen LogP contribution in [0.3, 0.4) is 0 Å². The molecule has 0 saturated carbocycles. The van der Waals surface area contributed by atoms with Crippen molar-refractivity contribution < 1.29 is 9.90 Å². The van der Waals surface area contributed by atoms with Crippen LogP contribution in [0.2, 0.25) is 0 Å². The van der Waals surface area contributed by atoms with Gasteiger partial charge < -0.3 is 21.1 Å². The van der Waals surface area contributed by atoms with Crippen LogP contribution in [0.25, 0.3) is 0 Å². The Bertz CT molecular complexity index is 442. The monoisotopic (exact) mass is 263 g/mol. The third-order valence-corrected chi connectivity index (χ3v) is 3.44. The molecule has 1 aromatic rings. The SMILES string of the molecule is Nc1ccc(NCCCN2CCCC2)c(C(=O)O)c1. The van der Waals surface area contributed by atoms with E-state index in [0.29, 0.717) is 11.4 Å². The molecule has 5 heteroatoms. The van der Waals surface area contributed by atoms with Crippen LogP contribution < -0.4 is 11.1 Å². The fourth-order valence-electron chi connectivity index (χ4n) is 2.42. The lowest BCUT2D eigenvalue weighted by Crippen LogP contribution is -2.22. The summed E-state index contributed by atoms with van der Waals surface area (Å²) in [6.07, 6.45) is 3.62. The van der Waals surface area contributed by atoms with Crippen LogP contribution in [-0.4, -0.2) is 42.2 Å². The van der Waals surface area contributed by atoms with Crippen LogP contribution in [0.15, 0.2) is 18.2 Å². The maximum atomic E-state index is 11.1. The molecule has 1 fully saturated rings. The molecule has 104 valence electrons. The number of nitrogens with two attached hydrogens (primary N) is 1. The van der Waals surface area contributed by atoms with Crippen molar-refractivity contribution >= 4 is 17.3 Å². The highest BCUT2D eigenvalue weighted by molar-refractivity contribution is 5.95. The molecular formula is C14H21N3O2. The lowest BCUT2D eigenvalue weighted by molar-refractivity contribution is 0.0698. The molecule has 0 aliphatic carbocycles. The lowest BCUT2D eigenvalue weighted by Gasteiger charge is -2.15. The maximum Gasteiger partial charge on any atom is 0.337 e. The second-order valence-corrected chi connectivity index (χ2v) is 4.94. The largest absolute Gasteiger partial charge is 0.478 e. The van der Waals surface area contributed by atoms with Gasteiger partial charge in [-0.15, -0.1) is 0 Å². The van der Waals surface area contributed by atoms with Gasteiger partial charge in [0.05, 0.1) is 5.56 Å². The van der Waals surface area contributed by atoms with Crippen molar-refractivity contribution in [3.05, 3.63) is 23.8 Å². The maximum absolute atomic E-state index is 11.1. The number of likely N-dealkylation sites (tertiary alicyclic amines) is 1. The predicted molar refractivity (Wildman–Crippen MR) is 76.6 cm³/mol. The molecule has 0 spiro atoms. The van der Waals surface area contributed by atoms with Crippen LogP contribution in [0.1, 0.15) is 29.6 Å². The highest BCUT2D eigenvalue weighted by atomic mass is 16.4.